The number of hydrogen-bond acceptors (Lipinski definition) is 8. The van der Waals surface area contributed by atoms with Crippen molar-refractivity contribution in [3.63, 3.8) is 0 Å². The third-order valence-electron chi connectivity index (χ3n) is 3.23. The van der Waals surface area contributed by atoms with Gasteiger partial charge in [0.2, 0.25) is 11.8 Å². The summed E-state index contributed by atoms with van der Waals surface area (Å²) in [4.78, 5) is 0.954. The number of hydrogen-bond donors (Lipinski definition) is 0. The lowest BCUT2D eigenvalue weighted by molar-refractivity contribution is 0.461. The van der Waals surface area contributed by atoms with Gasteiger partial charge in [-0.25, -0.2) is 0 Å². The van der Waals surface area contributed by atoms with Crippen molar-refractivity contribution in [1.29, 1.82) is 0 Å². The second-order valence-electron chi connectivity index (χ2n) is 4.92. The topological polar surface area (TPSA) is 77.8 Å². The van der Waals surface area contributed by atoms with Gasteiger partial charge in [-0.2, -0.15) is 0 Å². The van der Waals surface area contributed by atoms with Gasteiger partial charge in [-0.1, -0.05) is 36.0 Å². The molecule has 0 N–H and O–H groups in total. The predicted octanol–water partition coefficient (Wildman–Crippen LogP) is 4.70. The van der Waals surface area contributed by atoms with Gasteiger partial charge in [-0.3, -0.25) is 0 Å². The van der Waals surface area contributed by atoms with Gasteiger partial charge in [0.05, 0.1) is 10.1 Å². The molecule has 3 heterocycles. The molecule has 24 heavy (non-hydrogen) atoms. The zero-order valence-corrected chi connectivity index (χ0v) is 14.3. The minimum atomic E-state index is -0.0877. The summed E-state index contributed by atoms with van der Waals surface area (Å²) < 4.78 is 11.4. The molecule has 8 heteroatoms. The molecular weight excluding hydrogens is 344 g/mol. The predicted molar refractivity (Wildman–Crippen MR) is 91.6 cm³/mol. The van der Waals surface area contributed by atoms with Gasteiger partial charge < -0.3 is 8.83 Å². The van der Waals surface area contributed by atoms with E-state index in [0.717, 1.165) is 10.4 Å². The largest absolute Gasteiger partial charge is 0.419 e. The molecule has 0 fully saturated rings. The minimum Gasteiger partial charge on any atom is -0.419 e. The average molecular weight is 356 g/mol. The second-order valence-corrected chi connectivity index (χ2v) is 7.16. The first kappa shape index (κ1) is 15.1. The first-order chi connectivity index (χ1) is 11.8. The molecule has 0 saturated heterocycles. The molecule has 1 atom stereocenters. The molecule has 0 unspecified atom stereocenters. The normalized spacial score (nSPS) is 12.4. The molecule has 4 rings (SSSR count). The van der Waals surface area contributed by atoms with E-state index in [0.29, 0.717) is 22.9 Å². The van der Waals surface area contributed by atoms with E-state index in [1.807, 2.05) is 54.8 Å². The van der Waals surface area contributed by atoms with Crippen LogP contribution in [-0.2, 0) is 0 Å². The summed E-state index contributed by atoms with van der Waals surface area (Å²) in [6.07, 6.45) is 0. The molecule has 0 aliphatic heterocycles. The van der Waals surface area contributed by atoms with E-state index in [4.69, 9.17) is 8.83 Å². The maximum Gasteiger partial charge on any atom is 0.277 e. The molecule has 6 nitrogen and oxygen atoms in total. The maximum atomic E-state index is 5.73. The number of thiophene rings is 1. The summed E-state index contributed by atoms with van der Waals surface area (Å²) in [5, 5.41) is 18.7. The minimum absolute atomic E-state index is 0.0877. The summed E-state index contributed by atoms with van der Waals surface area (Å²) >= 11 is 2.95. The Morgan fingerprint density at radius 3 is 2.54 bits per heavy atom. The Labute approximate surface area is 146 Å². The lowest BCUT2D eigenvalue weighted by Gasteiger charge is -2.01. The number of aromatic nitrogens is 4. The molecule has 0 aliphatic carbocycles. The molecule has 4 aromatic rings. The van der Waals surface area contributed by atoms with Crippen LogP contribution in [0.5, 0.6) is 0 Å². The molecule has 120 valence electrons. The highest BCUT2D eigenvalue weighted by molar-refractivity contribution is 7.99. The van der Waals surface area contributed by atoms with Crippen LogP contribution < -0.4 is 0 Å². The number of rotatable bonds is 5. The molecule has 0 saturated carbocycles. The summed E-state index contributed by atoms with van der Waals surface area (Å²) in [5.41, 5.74) is 0.891. The average Bonchev–Trinajstić information content (AvgIpc) is 3.36. The van der Waals surface area contributed by atoms with Crippen LogP contribution in [0.3, 0.4) is 0 Å². The highest BCUT2D eigenvalue weighted by Crippen LogP contribution is 2.35. The summed E-state index contributed by atoms with van der Waals surface area (Å²) in [7, 11) is 0. The van der Waals surface area contributed by atoms with Crippen LogP contribution in [0, 0.1) is 0 Å². The number of thioether (sulfide) groups is 1. The molecule has 0 radical (unpaired) electrons. The third kappa shape index (κ3) is 3.10. The monoisotopic (exact) mass is 356 g/mol. The Bertz CT molecular complexity index is 919. The quantitative estimate of drug-likeness (QED) is 0.479. The van der Waals surface area contributed by atoms with E-state index in [-0.39, 0.29) is 5.25 Å². The van der Waals surface area contributed by atoms with E-state index >= 15 is 0 Å². The van der Waals surface area contributed by atoms with Crippen molar-refractivity contribution in [3.05, 3.63) is 53.7 Å². The van der Waals surface area contributed by atoms with Crippen LogP contribution in [0.25, 0.3) is 22.2 Å². The van der Waals surface area contributed by atoms with Gasteiger partial charge in [0.1, 0.15) is 0 Å². The standard InChI is InChI=1S/C16H12N4O2S2/c1-10(13-17-19-15(21-13)12-8-5-9-23-12)24-16-20-18-14(22-16)11-6-3-2-4-7-11/h2-10H,1H3/t10-/m0/s1. The summed E-state index contributed by atoms with van der Waals surface area (Å²) in [6, 6.07) is 13.6. The molecule has 3 aromatic heterocycles. The molecule has 1 aromatic carbocycles. The summed E-state index contributed by atoms with van der Waals surface area (Å²) in [6.45, 7) is 1.96. The van der Waals surface area contributed by atoms with Crippen LogP contribution in [0.1, 0.15) is 18.1 Å². The van der Waals surface area contributed by atoms with Gasteiger partial charge in [-0.15, -0.1) is 31.7 Å². The van der Waals surface area contributed by atoms with Gasteiger partial charge in [0.25, 0.3) is 11.1 Å². The Balaban J connectivity index is 1.49. The lowest BCUT2D eigenvalue weighted by Crippen LogP contribution is -1.88. The Morgan fingerprint density at radius 1 is 0.917 bits per heavy atom. The fourth-order valence-corrected chi connectivity index (χ4v) is 3.41. The summed E-state index contributed by atoms with van der Waals surface area (Å²) in [5.74, 6) is 1.56. The third-order valence-corrected chi connectivity index (χ3v) is 5.00. The lowest BCUT2D eigenvalue weighted by atomic mass is 10.2. The zero-order valence-electron chi connectivity index (χ0n) is 12.6. The van der Waals surface area contributed by atoms with Gasteiger partial charge in [-0.05, 0) is 30.5 Å². The van der Waals surface area contributed by atoms with Crippen molar-refractivity contribution in [1.82, 2.24) is 20.4 Å². The van der Waals surface area contributed by atoms with E-state index in [1.54, 1.807) is 11.3 Å². The van der Waals surface area contributed by atoms with E-state index in [1.165, 1.54) is 11.8 Å². The Kier molecular flexibility index (Phi) is 4.14. The molecular formula is C16H12N4O2S2. The van der Waals surface area contributed by atoms with Crippen LogP contribution >= 0.6 is 23.1 Å². The first-order valence-corrected chi connectivity index (χ1v) is 8.98. The van der Waals surface area contributed by atoms with Crippen molar-refractivity contribution in [2.75, 3.05) is 0 Å². The highest BCUT2D eigenvalue weighted by Gasteiger charge is 2.20. The number of nitrogens with zero attached hydrogens (tertiary/aromatic N) is 4. The van der Waals surface area contributed by atoms with E-state index in [2.05, 4.69) is 20.4 Å². The highest BCUT2D eigenvalue weighted by atomic mass is 32.2. The van der Waals surface area contributed by atoms with E-state index in [9.17, 15) is 0 Å². The van der Waals surface area contributed by atoms with Crippen LogP contribution in [0.15, 0.2) is 61.9 Å². The van der Waals surface area contributed by atoms with Gasteiger partial charge >= 0.3 is 0 Å². The Morgan fingerprint density at radius 2 is 1.75 bits per heavy atom. The Hall–Kier alpha value is -2.45. The van der Waals surface area contributed by atoms with Crippen LogP contribution in [-0.4, -0.2) is 20.4 Å². The van der Waals surface area contributed by atoms with Crippen molar-refractivity contribution in [2.45, 2.75) is 17.4 Å². The van der Waals surface area contributed by atoms with Gasteiger partial charge in [0, 0.05) is 5.56 Å². The van der Waals surface area contributed by atoms with Crippen LogP contribution in [0.4, 0.5) is 0 Å². The molecule has 0 bridgehead atoms. The molecule has 0 aliphatic rings. The van der Waals surface area contributed by atoms with Gasteiger partial charge in [0.15, 0.2) is 0 Å². The first-order valence-electron chi connectivity index (χ1n) is 7.22. The molecule has 0 spiro atoms. The SMILES string of the molecule is C[C@H](Sc1nnc(-c2ccccc2)o1)c1nnc(-c2cccs2)o1. The fourth-order valence-electron chi connectivity index (χ4n) is 2.06. The zero-order chi connectivity index (χ0) is 16.4. The number of benzene rings is 1. The van der Waals surface area contributed by atoms with Crippen molar-refractivity contribution in [3.8, 4) is 22.2 Å². The van der Waals surface area contributed by atoms with Crippen molar-refractivity contribution >= 4 is 23.1 Å². The van der Waals surface area contributed by atoms with E-state index < -0.39 is 0 Å². The van der Waals surface area contributed by atoms with Crippen molar-refractivity contribution in [2.24, 2.45) is 0 Å². The van der Waals surface area contributed by atoms with Crippen LogP contribution in [0.2, 0.25) is 0 Å². The van der Waals surface area contributed by atoms with Crippen molar-refractivity contribution < 1.29 is 8.83 Å². The maximum absolute atomic E-state index is 5.73. The smallest absolute Gasteiger partial charge is 0.277 e. The second kappa shape index (κ2) is 6.58. The fraction of sp³-hybridized carbons (Fsp3) is 0.125. The molecule has 0 amide bonds.